The Morgan fingerprint density at radius 3 is 2.57 bits per heavy atom. The molecule has 5 rings (SSSR count). The second kappa shape index (κ2) is 13.1. The van der Waals surface area contributed by atoms with Crippen molar-refractivity contribution < 1.29 is 19.4 Å². The Hall–Kier alpha value is -4.95. The highest BCUT2D eigenvalue weighted by Gasteiger charge is 2.19. The van der Waals surface area contributed by atoms with Crippen molar-refractivity contribution in [3.05, 3.63) is 122 Å². The lowest BCUT2D eigenvalue weighted by atomic mass is 9.96. The zero-order valence-electron chi connectivity index (χ0n) is 24.9. The Morgan fingerprint density at radius 2 is 1.82 bits per heavy atom. The number of benzene rings is 4. The second-order valence-electron chi connectivity index (χ2n) is 10.6. The number of carbonyl (C=O) groups is 1. The minimum absolute atomic E-state index is 0.121. The van der Waals surface area contributed by atoms with Gasteiger partial charge in [0.2, 0.25) is 0 Å². The fourth-order valence-electron chi connectivity index (χ4n) is 4.90. The summed E-state index contributed by atoms with van der Waals surface area (Å²) in [5, 5.41) is 14.9. The van der Waals surface area contributed by atoms with Crippen molar-refractivity contribution in [2.24, 2.45) is 5.10 Å². The molecule has 0 unspecified atom stereocenters. The van der Waals surface area contributed by atoms with Crippen LogP contribution in [0, 0.1) is 6.92 Å². The normalized spacial score (nSPS) is 11.4. The van der Waals surface area contributed by atoms with Crippen LogP contribution in [0.15, 0.2) is 88.8 Å². The van der Waals surface area contributed by atoms with E-state index in [1.54, 1.807) is 48.5 Å². The molecule has 9 heteroatoms. The quantitative estimate of drug-likeness (QED) is 0.163. The second-order valence-corrected chi connectivity index (χ2v) is 11.0. The third-order valence-electron chi connectivity index (χ3n) is 7.13. The summed E-state index contributed by atoms with van der Waals surface area (Å²) >= 11 is 6.34. The van der Waals surface area contributed by atoms with Crippen molar-refractivity contribution in [3.63, 3.8) is 0 Å². The number of nitrogens with zero attached hydrogens (tertiary/aromatic N) is 3. The minimum atomic E-state index is -1.01. The first-order valence-corrected chi connectivity index (χ1v) is 14.6. The molecular formula is C35H32ClN3O5. The molecule has 5 aromatic rings. The fourth-order valence-corrected chi connectivity index (χ4v) is 5.08. The summed E-state index contributed by atoms with van der Waals surface area (Å²) in [7, 11) is 0. The van der Waals surface area contributed by atoms with Gasteiger partial charge in [0.15, 0.2) is 5.82 Å². The zero-order valence-corrected chi connectivity index (χ0v) is 25.6. The number of aromatic nitrogens is 2. The molecule has 0 fully saturated rings. The molecule has 0 bridgehead atoms. The Bertz CT molecular complexity index is 1950. The van der Waals surface area contributed by atoms with Crippen LogP contribution in [0.3, 0.4) is 0 Å². The number of carboxylic acid groups (broad SMARTS) is 1. The lowest BCUT2D eigenvalue weighted by Crippen LogP contribution is -2.21. The van der Waals surface area contributed by atoms with Crippen LogP contribution in [0.5, 0.6) is 11.5 Å². The van der Waals surface area contributed by atoms with Crippen LogP contribution in [0.4, 0.5) is 0 Å². The molecule has 1 heterocycles. The predicted molar refractivity (Wildman–Crippen MR) is 174 cm³/mol. The minimum Gasteiger partial charge on any atom is -0.494 e. The maximum absolute atomic E-state index is 13.9. The first-order valence-electron chi connectivity index (χ1n) is 14.2. The number of hydrogen-bond acceptors (Lipinski definition) is 6. The van der Waals surface area contributed by atoms with Gasteiger partial charge in [-0.25, -0.2) is 9.78 Å². The number of rotatable bonds is 10. The average Bonchev–Trinajstić information content (AvgIpc) is 3.00. The van der Waals surface area contributed by atoms with Gasteiger partial charge in [0.05, 0.1) is 29.3 Å². The van der Waals surface area contributed by atoms with Crippen LogP contribution in [-0.4, -0.2) is 33.6 Å². The maximum atomic E-state index is 13.9. The average molecular weight is 610 g/mol. The number of carboxylic acids is 1. The van der Waals surface area contributed by atoms with Gasteiger partial charge in [-0.2, -0.15) is 9.78 Å². The first kappa shape index (κ1) is 30.5. The van der Waals surface area contributed by atoms with Crippen molar-refractivity contribution in [1.29, 1.82) is 0 Å². The topological polar surface area (TPSA) is 103 Å². The SMILES string of the molecule is CCOc1cc(C)c(-c2nc3ccccc3c(=O)n2N=Cc2cc(Cl)ccc2OCc2cccc(C(=O)O)c2)cc1C(C)C. The molecule has 0 saturated heterocycles. The molecule has 0 spiro atoms. The van der Waals surface area contributed by atoms with Crippen LogP contribution >= 0.6 is 11.6 Å². The molecule has 8 nitrogen and oxygen atoms in total. The van der Waals surface area contributed by atoms with Crippen LogP contribution in [0.25, 0.3) is 22.3 Å². The van der Waals surface area contributed by atoms with E-state index < -0.39 is 5.97 Å². The summed E-state index contributed by atoms with van der Waals surface area (Å²) in [4.78, 5) is 30.2. The lowest BCUT2D eigenvalue weighted by Gasteiger charge is -2.18. The fraction of sp³-hybridized carbons (Fsp3) is 0.200. The van der Waals surface area contributed by atoms with Crippen molar-refractivity contribution in [2.45, 2.75) is 40.2 Å². The first-order chi connectivity index (χ1) is 21.2. The van der Waals surface area contributed by atoms with E-state index in [1.807, 2.05) is 38.1 Å². The van der Waals surface area contributed by atoms with Crippen molar-refractivity contribution in [1.82, 2.24) is 9.66 Å². The highest BCUT2D eigenvalue weighted by atomic mass is 35.5. The van der Waals surface area contributed by atoms with Gasteiger partial charge >= 0.3 is 5.97 Å². The number of fused-ring (bicyclic) bond motifs is 1. The van der Waals surface area contributed by atoms with E-state index in [9.17, 15) is 14.7 Å². The van der Waals surface area contributed by atoms with Crippen molar-refractivity contribution in [3.8, 4) is 22.9 Å². The summed E-state index contributed by atoms with van der Waals surface area (Å²) in [6.45, 7) is 8.75. The summed E-state index contributed by atoms with van der Waals surface area (Å²) in [5.74, 6) is 0.808. The number of aromatic carboxylic acids is 1. The number of para-hydroxylation sites is 1. The third-order valence-corrected chi connectivity index (χ3v) is 7.36. The van der Waals surface area contributed by atoms with Crippen LogP contribution < -0.4 is 15.0 Å². The standard InChI is InChI=1S/C35H32ClN3O5/c1-5-43-32-15-22(4)29(18-28(32)21(2)3)33-38-30-12-7-6-11-27(30)34(40)39(33)37-19-25-17-26(36)13-14-31(25)44-20-23-9-8-10-24(16-23)35(41)42/h6-19,21H,5,20H2,1-4H3,(H,41,42). The van der Waals surface area contributed by atoms with E-state index in [0.717, 1.165) is 22.4 Å². The highest BCUT2D eigenvalue weighted by Crippen LogP contribution is 2.34. The van der Waals surface area contributed by atoms with Gasteiger partial charge in [-0.15, -0.1) is 0 Å². The number of hydrogen-bond donors (Lipinski definition) is 1. The van der Waals surface area contributed by atoms with E-state index in [0.29, 0.717) is 45.2 Å². The smallest absolute Gasteiger partial charge is 0.335 e. The van der Waals surface area contributed by atoms with E-state index in [-0.39, 0.29) is 23.6 Å². The molecule has 0 saturated carbocycles. The Kier molecular flexibility index (Phi) is 9.11. The predicted octanol–water partition coefficient (Wildman–Crippen LogP) is 7.71. The molecule has 1 N–H and O–H groups in total. The molecule has 4 aromatic carbocycles. The van der Waals surface area contributed by atoms with Crippen molar-refractivity contribution >= 4 is 34.7 Å². The van der Waals surface area contributed by atoms with Gasteiger partial charge in [0, 0.05) is 16.1 Å². The number of halogens is 1. The largest absolute Gasteiger partial charge is 0.494 e. The number of ether oxygens (including phenoxy) is 2. The zero-order chi connectivity index (χ0) is 31.4. The van der Waals surface area contributed by atoms with Crippen LogP contribution in [0.1, 0.15) is 59.3 Å². The molecular weight excluding hydrogens is 578 g/mol. The van der Waals surface area contributed by atoms with Gasteiger partial charge in [0.1, 0.15) is 18.1 Å². The van der Waals surface area contributed by atoms with Gasteiger partial charge in [-0.05, 0) is 91.1 Å². The molecule has 0 atom stereocenters. The van der Waals surface area contributed by atoms with E-state index in [4.69, 9.17) is 26.1 Å². The molecule has 0 aliphatic heterocycles. The molecule has 0 radical (unpaired) electrons. The van der Waals surface area contributed by atoms with Gasteiger partial charge in [-0.3, -0.25) is 4.79 Å². The molecule has 0 aliphatic rings. The summed E-state index contributed by atoms with van der Waals surface area (Å²) in [6.07, 6.45) is 1.52. The van der Waals surface area contributed by atoms with Crippen molar-refractivity contribution in [2.75, 3.05) is 6.61 Å². The summed E-state index contributed by atoms with van der Waals surface area (Å²) in [5.41, 5.74) is 4.28. The maximum Gasteiger partial charge on any atom is 0.335 e. The van der Waals surface area contributed by atoms with E-state index in [1.165, 1.54) is 17.0 Å². The molecule has 0 aliphatic carbocycles. The summed E-state index contributed by atoms with van der Waals surface area (Å²) in [6, 6.07) is 22.8. The number of aryl methyl sites for hydroxylation is 1. The Labute approximate surface area is 260 Å². The Balaban J connectivity index is 1.61. The van der Waals surface area contributed by atoms with E-state index in [2.05, 4.69) is 18.9 Å². The molecule has 44 heavy (non-hydrogen) atoms. The summed E-state index contributed by atoms with van der Waals surface area (Å²) < 4.78 is 13.3. The molecule has 1 aromatic heterocycles. The van der Waals surface area contributed by atoms with Gasteiger partial charge in [0.25, 0.3) is 5.56 Å². The van der Waals surface area contributed by atoms with Gasteiger partial charge in [-0.1, -0.05) is 49.7 Å². The Morgan fingerprint density at radius 1 is 1.02 bits per heavy atom. The highest BCUT2D eigenvalue weighted by molar-refractivity contribution is 6.30. The monoisotopic (exact) mass is 609 g/mol. The lowest BCUT2D eigenvalue weighted by molar-refractivity contribution is 0.0696. The van der Waals surface area contributed by atoms with E-state index >= 15 is 0 Å². The van der Waals surface area contributed by atoms with Crippen LogP contribution in [0.2, 0.25) is 5.02 Å². The third kappa shape index (κ3) is 6.50. The van der Waals surface area contributed by atoms with Gasteiger partial charge < -0.3 is 14.6 Å². The van der Waals surface area contributed by atoms with Crippen LogP contribution in [-0.2, 0) is 6.61 Å². The molecule has 0 amide bonds. The molecule has 224 valence electrons.